The lowest BCUT2D eigenvalue weighted by atomic mass is 10.1. The van der Waals surface area contributed by atoms with Gasteiger partial charge in [0.2, 0.25) is 5.91 Å². The second-order valence-corrected chi connectivity index (χ2v) is 6.93. The molecule has 1 saturated heterocycles. The summed E-state index contributed by atoms with van der Waals surface area (Å²) in [5.41, 5.74) is 1.48. The quantitative estimate of drug-likeness (QED) is 0.675. The van der Waals surface area contributed by atoms with Gasteiger partial charge in [-0.2, -0.15) is 0 Å². The van der Waals surface area contributed by atoms with Crippen molar-refractivity contribution in [3.8, 4) is 5.75 Å². The third-order valence-corrected chi connectivity index (χ3v) is 4.84. The lowest BCUT2D eigenvalue weighted by Gasteiger charge is -2.34. The second-order valence-electron chi connectivity index (χ2n) is 6.93. The van der Waals surface area contributed by atoms with Crippen LogP contribution in [0.3, 0.4) is 0 Å². The van der Waals surface area contributed by atoms with Crippen molar-refractivity contribution in [3.05, 3.63) is 65.7 Å². The van der Waals surface area contributed by atoms with E-state index in [0.717, 1.165) is 5.56 Å². The van der Waals surface area contributed by atoms with Gasteiger partial charge in [-0.15, -0.1) is 0 Å². The number of hydrogen-bond donors (Lipinski definition) is 1. The third kappa shape index (κ3) is 5.59. The van der Waals surface area contributed by atoms with Crippen molar-refractivity contribution in [2.45, 2.75) is 25.8 Å². The van der Waals surface area contributed by atoms with E-state index >= 15 is 0 Å². The monoisotopic (exact) mass is 410 g/mol. The maximum atomic E-state index is 13.0. The summed E-state index contributed by atoms with van der Waals surface area (Å²) in [5, 5.41) is 2.72. The number of ether oxygens (including phenoxy) is 2. The lowest BCUT2D eigenvalue weighted by Crippen LogP contribution is -2.57. The fourth-order valence-corrected chi connectivity index (χ4v) is 3.36. The number of hydrogen-bond acceptors (Lipinski definition) is 5. The van der Waals surface area contributed by atoms with Gasteiger partial charge in [0.1, 0.15) is 11.8 Å². The molecule has 0 aliphatic carbocycles. The number of amides is 2. The molecule has 0 saturated carbocycles. The minimum atomic E-state index is -0.897. The summed E-state index contributed by atoms with van der Waals surface area (Å²) in [6.45, 7) is 3.24. The highest BCUT2D eigenvalue weighted by atomic mass is 16.5. The molecule has 1 aliphatic rings. The van der Waals surface area contributed by atoms with E-state index in [0.29, 0.717) is 37.4 Å². The molecule has 2 aromatic rings. The molecule has 1 fully saturated rings. The van der Waals surface area contributed by atoms with Gasteiger partial charge in [0.05, 0.1) is 19.6 Å². The van der Waals surface area contributed by atoms with Gasteiger partial charge in [-0.1, -0.05) is 36.4 Å². The normalized spacial score (nSPS) is 16.0. The molecular weight excluding hydrogens is 384 g/mol. The van der Waals surface area contributed by atoms with Crippen molar-refractivity contribution in [3.63, 3.8) is 0 Å². The molecule has 0 radical (unpaired) electrons. The van der Waals surface area contributed by atoms with E-state index in [1.807, 2.05) is 37.3 Å². The van der Waals surface area contributed by atoms with Crippen LogP contribution in [-0.2, 0) is 20.7 Å². The predicted molar refractivity (Wildman–Crippen MR) is 111 cm³/mol. The van der Waals surface area contributed by atoms with E-state index in [2.05, 4.69) is 5.32 Å². The highest BCUT2D eigenvalue weighted by Gasteiger charge is 2.35. The molecule has 7 nitrogen and oxygen atoms in total. The Morgan fingerprint density at radius 2 is 1.93 bits per heavy atom. The first-order valence-corrected chi connectivity index (χ1v) is 10.1. The van der Waals surface area contributed by atoms with Crippen LogP contribution in [0.5, 0.6) is 5.75 Å². The van der Waals surface area contributed by atoms with E-state index in [1.165, 1.54) is 4.90 Å². The Bertz CT molecular complexity index is 884. The Hall–Kier alpha value is -3.35. The highest BCUT2D eigenvalue weighted by molar-refractivity contribution is 5.99. The summed E-state index contributed by atoms with van der Waals surface area (Å²) in [4.78, 5) is 39.2. The van der Waals surface area contributed by atoms with Crippen LogP contribution in [0.25, 0.3) is 0 Å². The summed E-state index contributed by atoms with van der Waals surface area (Å²) in [5.74, 6) is -0.584. The molecule has 1 unspecified atom stereocenters. The zero-order valence-electron chi connectivity index (χ0n) is 17.0. The number of esters is 1. The van der Waals surface area contributed by atoms with Gasteiger partial charge in [0.25, 0.3) is 5.91 Å². The molecule has 158 valence electrons. The van der Waals surface area contributed by atoms with E-state index in [4.69, 9.17) is 9.47 Å². The van der Waals surface area contributed by atoms with Crippen LogP contribution in [0.2, 0.25) is 0 Å². The van der Waals surface area contributed by atoms with Crippen LogP contribution in [0.15, 0.2) is 54.6 Å². The fourth-order valence-electron chi connectivity index (χ4n) is 3.36. The first-order valence-electron chi connectivity index (χ1n) is 10.1. The topological polar surface area (TPSA) is 84.9 Å². The van der Waals surface area contributed by atoms with Crippen LogP contribution < -0.4 is 10.1 Å². The van der Waals surface area contributed by atoms with Gasteiger partial charge in [-0.25, -0.2) is 0 Å². The average molecular weight is 410 g/mol. The molecule has 1 aliphatic heterocycles. The average Bonchev–Trinajstić information content (AvgIpc) is 2.76. The predicted octanol–water partition coefficient (Wildman–Crippen LogP) is 2.20. The van der Waals surface area contributed by atoms with Gasteiger partial charge in [-0.3, -0.25) is 14.4 Å². The Kier molecular flexibility index (Phi) is 7.43. The minimum Gasteiger partial charge on any atom is -0.494 e. The van der Waals surface area contributed by atoms with E-state index in [9.17, 15) is 14.4 Å². The maximum absolute atomic E-state index is 13.0. The maximum Gasteiger partial charge on any atom is 0.308 e. The van der Waals surface area contributed by atoms with Gasteiger partial charge in [-0.05, 0) is 30.7 Å². The number of benzene rings is 2. The molecule has 0 spiro atoms. The summed E-state index contributed by atoms with van der Waals surface area (Å²) in [6, 6.07) is 15.6. The first-order chi connectivity index (χ1) is 14.6. The minimum absolute atomic E-state index is 0.183. The highest BCUT2D eigenvalue weighted by Crippen LogP contribution is 2.19. The van der Waals surface area contributed by atoms with Gasteiger partial charge < -0.3 is 19.7 Å². The molecule has 2 amide bonds. The van der Waals surface area contributed by atoms with Crippen LogP contribution in [0, 0.1) is 0 Å². The van der Waals surface area contributed by atoms with E-state index < -0.39 is 12.0 Å². The molecule has 30 heavy (non-hydrogen) atoms. The van der Waals surface area contributed by atoms with Crippen molar-refractivity contribution in [2.24, 2.45) is 0 Å². The van der Waals surface area contributed by atoms with Crippen molar-refractivity contribution in [2.75, 3.05) is 26.3 Å². The van der Waals surface area contributed by atoms with Crippen molar-refractivity contribution in [1.82, 2.24) is 10.2 Å². The SMILES string of the molecule is CCOc1cccc(C(=O)N2CCNC(=O)C2CC(=O)OCCc2ccccc2)c1. The van der Waals surface area contributed by atoms with E-state index in [1.54, 1.807) is 24.3 Å². The molecular formula is C23H26N2O5. The molecule has 2 aromatic carbocycles. The summed E-state index contributed by atoms with van der Waals surface area (Å²) in [6.07, 6.45) is 0.411. The molecule has 1 heterocycles. The van der Waals surface area contributed by atoms with Crippen molar-refractivity contribution >= 4 is 17.8 Å². The molecule has 0 bridgehead atoms. The fraction of sp³-hybridized carbons (Fsp3) is 0.348. The zero-order valence-corrected chi connectivity index (χ0v) is 17.0. The standard InChI is InChI=1S/C23H26N2O5/c1-2-29-19-10-6-9-18(15-19)23(28)25-13-12-24-22(27)20(25)16-21(26)30-14-11-17-7-4-3-5-8-17/h3-10,15,20H,2,11-14,16H2,1H3,(H,24,27). The Labute approximate surface area is 176 Å². The van der Waals surface area contributed by atoms with E-state index in [-0.39, 0.29) is 24.8 Å². The van der Waals surface area contributed by atoms with Gasteiger partial charge in [0.15, 0.2) is 0 Å². The second kappa shape index (κ2) is 10.4. The largest absolute Gasteiger partial charge is 0.494 e. The number of nitrogens with one attached hydrogen (secondary N) is 1. The molecule has 1 N–H and O–H groups in total. The molecule has 3 rings (SSSR count). The van der Waals surface area contributed by atoms with Gasteiger partial charge >= 0.3 is 5.97 Å². The smallest absolute Gasteiger partial charge is 0.308 e. The van der Waals surface area contributed by atoms with Crippen molar-refractivity contribution in [1.29, 1.82) is 0 Å². The first kappa shape index (κ1) is 21.4. The van der Waals surface area contributed by atoms with Crippen LogP contribution in [0.4, 0.5) is 0 Å². The summed E-state index contributed by atoms with van der Waals surface area (Å²) >= 11 is 0. The Morgan fingerprint density at radius 3 is 2.70 bits per heavy atom. The van der Waals surface area contributed by atoms with Gasteiger partial charge in [0, 0.05) is 25.1 Å². The van der Waals surface area contributed by atoms with Crippen LogP contribution in [-0.4, -0.2) is 55.0 Å². The number of nitrogens with zero attached hydrogens (tertiary/aromatic N) is 1. The number of carbonyl (C=O) groups excluding carboxylic acids is 3. The third-order valence-electron chi connectivity index (χ3n) is 4.84. The van der Waals surface area contributed by atoms with Crippen molar-refractivity contribution < 1.29 is 23.9 Å². The molecule has 1 atom stereocenters. The Balaban J connectivity index is 1.62. The molecule has 0 aromatic heterocycles. The summed E-state index contributed by atoms with van der Waals surface area (Å²) in [7, 11) is 0. The summed E-state index contributed by atoms with van der Waals surface area (Å²) < 4.78 is 10.8. The number of carbonyl (C=O) groups is 3. The number of rotatable bonds is 8. The number of piperazine rings is 1. The zero-order chi connectivity index (χ0) is 21.3. The lowest BCUT2D eigenvalue weighted by molar-refractivity contribution is -0.147. The van der Waals surface area contributed by atoms with Crippen LogP contribution >= 0.6 is 0 Å². The van der Waals surface area contributed by atoms with Crippen LogP contribution in [0.1, 0.15) is 29.3 Å². The Morgan fingerprint density at radius 1 is 1.13 bits per heavy atom. The molecule has 7 heteroatoms.